The first-order valence-electron chi connectivity index (χ1n) is 5.55. The molecule has 0 atom stereocenters. The molecule has 1 heterocycles. The normalized spacial score (nSPS) is 15.9. The predicted molar refractivity (Wildman–Crippen MR) is 62.7 cm³/mol. The first-order chi connectivity index (χ1) is 7.44. The van der Waals surface area contributed by atoms with E-state index in [1.165, 1.54) is 0 Å². The first kappa shape index (κ1) is 11.0. The first-order valence-corrected chi connectivity index (χ1v) is 5.55. The highest BCUT2D eigenvalue weighted by molar-refractivity contribution is 5.49. The van der Waals surface area contributed by atoms with Crippen LogP contribution in [0.3, 0.4) is 0 Å². The number of hydrogen-bond donors (Lipinski definition) is 1. The molecule has 2 N–H and O–H groups in total. The Labute approximate surface area is 95.8 Å². The summed E-state index contributed by atoms with van der Waals surface area (Å²) in [7, 11) is 0. The summed E-state index contributed by atoms with van der Waals surface area (Å²) in [5, 5.41) is 0. The van der Waals surface area contributed by atoms with Crippen LogP contribution in [0.1, 0.15) is 33.6 Å². The van der Waals surface area contributed by atoms with Gasteiger partial charge in [-0.15, -0.1) is 0 Å². The van der Waals surface area contributed by atoms with Crippen molar-refractivity contribution in [1.29, 1.82) is 0 Å². The molecule has 0 aliphatic heterocycles. The second-order valence-corrected chi connectivity index (χ2v) is 5.09. The Hall–Kier alpha value is -1.45. The van der Waals surface area contributed by atoms with E-state index in [1.54, 1.807) is 6.20 Å². The molecule has 16 heavy (non-hydrogen) atoms. The second kappa shape index (κ2) is 3.85. The van der Waals surface area contributed by atoms with Crippen LogP contribution in [-0.4, -0.2) is 16.7 Å². The van der Waals surface area contributed by atoms with Crippen molar-refractivity contribution < 1.29 is 9.47 Å². The van der Waals surface area contributed by atoms with Crippen molar-refractivity contribution in [2.45, 2.75) is 45.3 Å². The van der Waals surface area contributed by atoms with Gasteiger partial charge in [0.05, 0.1) is 12.3 Å². The lowest BCUT2D eigenvalue weighted by atomic mass is 10.2. The average Bonchev–Trinajstić information content (AvgIpc) is 2.92. The predicted octanol–water partition coefficient (Wildman–Crippen LogP) is 2.38. The van der Waals surface area contributed by atoms with Crippen LogP contribution < -0.4 is 15.2 Å². The summed E-state index contributed by atoms with van der Waals surface area (Å²) in [5.41, 5.74) is 5.50. The van der Waals surface area contributed by atoms with E-state index in [0.717, 1.165) is 12.8 Å². The van der Waals surface area contributed by atoms with Gasteiger partial charge in [0, 0.05) is 6.07 Å². The summed E-state index contributed by atoms with van der Waals surface area (Å²) in [4.78, 5) is 4.07. The molecular weight excluding hydrogens is 204 g/mol. The lowest BCUT2D eigenvalue weighted by Crippen LogP contribution is -2.23. The fourth-order valence-electron chi connectivity index (χ4n) is 1.31. The van der Waals surface area contributed by atoms with Gasteiger partial charge in [-0.25, -0.2) is 4.98 Å². The van der Waals surface area contributed by atoms with Crippen molar-refractivity contribution in [3.8, 4) is 11.5 Å². The lowest BCUT2D eigenvalue weighted by Gasteiger charge is -2.21. The number of aromatic nitrogens is 1. The molecule has 4 nitrogen and oxygen atoms in total. The molecule has 0 radical (unpaired) electrons. The Bertz CT molecular complexity index is 381. The molecule has 1 saturated carbocycles. The van der Waals surface area contributed by atoms with Gasteiger partial charge in [-0.3, -0.25) is 0 Å². The van der Waals surface area contributed by atoms with E-state index in [1.807, 2.05) is 26.8 Å². The van der Waals surface area contributed by atoms with Crippen molar-refractivity contribution in [3.05, 3.63) is 12.3 Å². The third-order valence-electron chi connectivity index (χ3n) is 2.10. The number of hydrogen-bond acceptors (Lipinski definition) is 4. The minimum absolute atomic E-state index is 0.241. The summed E-state index contributed by atoms with van der Waals surface area (Å²) in [5.74, 6) is 1.75. The van der Waals surface area contributed by atoms with Crippen molar-refractivity contribution in [1.82, 2.24) is 4.98 Å². The monoisotopic (exact) mass is 222 g/mol. The fraction of sp³-hybridized carbons (Fsp3) is 0.583. The van der Waals surface area contributed by atoms with Crippen molar-refractivity contribution in [3.63, 3.8) is 0 Å². The zero-order chi connectivity index (χ0) is 11.8. The quantitative estimate of drug-likeness (QED) is 0.853. The maximum atomic E-state index is 5.74. The topological polar surface area (TPSA) is 57.4 Å². The van der Waals surface area contributed by atoms with Crippen LogP contribution >= 0.6 is 0 Å². The van der Waals surface area contributed by atoms with E-state index in [0.29, 0.717) is 23.4 Å². The van der Waals surface area contributed by atoms with E-state index in [-0.39, 0.29) is 5.60 Å². The molecule has 0 saturated heterocycles. The van der Waals surface area contributed by atoms with Crippen LogP contribution in [0.15, 0.2) is 12.3 Å². The molecule has 0 unspecified atom stereocenters. The van der Waals surface area contributed by atoms with E-state index in [4.69, 9.17) is 15.2 Å². The molecule has 1 fully saturated rings. The van der Waals surface area contributed by atoms with Gasteiger partial charge in [0.1, 0.15) is 11.4 Å². The number of pyridine rings is 1. The van der Waals surface area contributed by atoms with Crippen molar-refractivity contribution >= 4 is 5.82 Å². The SMILES string of the molecule is CC(C)(C)Oc1cnc(N)c(OC2CC2)c1. The van der Waals surface area contributed by atoms with Crippen molar-refractivity contribution in [2.24, 2.45) is 0 Å². The third-order valence-corrected chi connectivity index (χ3v) is 2.10. The molecule has 1 aromatic rings. The Morgan fingerprint density at radius 3 is 2.62 bits per heavy atom. The summed E-state index contributed by atoms with van der Waals surface area (Å²) in [6.07, 6.45) is 4.14. The van der Waals surface area contributed by atoms with Crippen molar-refractivity contribution in [2.75, 3.05) is 5.73 Å². The van der Waals surface area contributed by atoms with Crippen LogP contribution in [0.5, 0.6) is 11.5 Å². The Kier molecular flexibility index (Phi) is 2.66. The number of rotatable bonds is 3. The largest absolute Gasteiger partial charge is 0.486 e. The average molecular weight is 222 g/mol. The van der Waals surface area contributed by atoms with Gasteiger partial charge in [-0.1, -0.05) is 0 Å². The third kappa shape index (κ3) is 3.02. The number of nitrogen functional groups attached to an aromatic ring is 1. The Morgan fingerprint density at radius 2 is 2.06 bits per heavy atom. The lowest BCUT2D eigenvalue weighted by molar-refractivity contribution is 0.129. The molecule has 1 aromatic heterocycles. The van der Waals surface area contributed by atoms with E-state index >= 15 is 0 Å². The minimum Gasteiger partial charge on any atom is -0.486 e. The molecule has 88 valence electrons. The van der Waals surface area contributed by atoms with Gasteiger partial charge >= 0.3 is 0 Å². The van der Waals surface area contributed by atoms with Gasteiger partial charge in [-0.2, -0.15) is 0 Å². The molecule has 0 spiro atoms. The van der Waals surface area contributed by atoms with Gasteiger partial charge in [0.15, 0.2) is 11.6 Å². The van der Waals surface area contributed by atoms with E-state index in [2.05, 4.69) is 4.98 Å². The molecular formula is C12H18N2O2. The highest BCUT2D eigenvalue weighted by atomic mass is 16.5. The maximum absolute atomic E-state index is 5.74. The molecule has 0 amide bonds. The standard InChI is InChI=1S/C12H18N2O2/c1-12(2,3)16-9-6-10(11(13)14-7-9)15-8-4-5-8/h6-8H,4-5H2,1-3H3,(H2,13,14). The zero-order valence-electron chi connectivity index (χ0n) is 9.99. The van der Waals surface area contributed by atoms with Crippen LogP contribution in [0.4, 0.5) is 5.82 Å². The smallest absolute Gasteiger partial charge is 0.166 e. The van der Waals surface area contributed by atoms with E-state index in [9.17, 15) is 0 Å². The van der Waals surface area contributed by atoms with Crippen LogP contribution in [0, 0.1) is 0 Å². The molecule has 1 aliphatic carbocycles. The van der Waals surface area contributed by atoms with Gasteiger partial charge in [0.2, 0.25) is 0 Å². The van der Waals surface area contributed by atoms with Gasteiger partial charge in [-0.05, 0) is 33.6 Å². The van der Waals surface area contributed by atoms with Crippen LogP contribution in [0.2, 0.25) is 0 Å². The fourth-order valence-corrected chi connectivity index (χ4v) is 1.31. The molecule has 4 heteroatoms. The highest BCUT2D eigenvalue weighted by Gasteiger charge is 2.25. The Balaban J connectivity index is 2.14. The van der Waals surface area contributed by atoms with Crippen LogP contribution in [-0.2, 0) is 0 Å². The van der Waals surface area contributed by atoms with Gasteiger partial charge in [0.25, 0.3) is 0 Å². The molecule has 2 rings (SSSR count). The molecule has 0 bridgehead atoms. The second-order valence-electron chi connectivity index (χ2n) is 5.09. The number of anilines is 1. The van der Waals surface area contributed by atoms with E-state index < -0.39 is 0 Å². The molecule has 0 aromatic carbocycles. The summed E-state index contributed by atoms with van der Waals surface area (Å²) in [6.45, 7) is 5.97. The summed E-state index contributed by atoms with van der Waals surface area (Å²) < 4.78 is 11.3. The van der Waals surface area contributed by atoms with Gasteiger partial charge < -0.3 is 15.2 Å². The molecule has 1 aliphatic rings. The zero-order valence-corrected chi connectivity index (χ0v) is 9.99. The minimum atomic E-state index is -0.241. The number of nitrogens with zero attached hydrogens (tertiary/aromatic N) is 1. The summed E-state index contributed by atoms with van der Waals surface area (Å²) in [6, 6.07) is 1.81. The number of ether oxygens (including phenoxy) is 2. The summed E-state index contributed by atoms with van der Waals surface area (Å²) >= 11 is 0. The number of nitrogens with two attached hydrogens (primary N) is 1. The Morgan fingerprint density at radius 1 is 1.38 bits per heavy atom. The van der Waals surface area contributed by atoms with Crippen LogP contribution in [0.25, 0.3) is 0 Å². The highest BCUT2D eigenvalue weighted by Crippen LogP contribution is 2.32. The maximum Gasteiger partial charge on any atom is 0.166 e.